The fourth-order valence-electron chi connectivity index (χ4n) is 13.2. The van der Waals surface area contributed by atoms with Crippen LogP contribution in [0.5, 0.6) is 5.75 Å². The first kappa shape index (κ1) is 98.0. The summed E-state index contributed by atoms with van der Waals surface area (Å²) in [6.45, 7) is 17.5. The highest BCUT2D eigenvalue weighted by molar-refractivity contribution is 6.02. The van der Waals surface area contributed by atoms with Gasteiger partial charge in [0.05, 0.1) is 18.9 Å². The van der Waals surface area contributed by atoms with Crippen molar-refractivity contribution in [2.24, 2.45) is 46.6 Å². The van der Waals surface area contributed by atoms with Crippen LogP contribution in [0.15, 0.2) is 54.6 Å². The van der Waals surface area contributed by atoms with Gasteiger partial charge in [-0.3, -0.25) is 81.5 Å². The summed E-state index contributed by atoms with van der Waals surface area (Å²) in [6, 6.07) is -6.93. The zero-order valence-electron chi connectivity index (χ0n) is 68.3. The van der Waals surface area contributed by atoms with E-state index in [2.05, 4.69) is 63.8 Å². The van der Waals surface area contributed by atoms with E-state index in [0.29, 0.717) is 17.5 Å². The molecule has 2 aliphatic heterocycles. The molecule has 16 amide bonds. The van der Waals surface area contributed by atoms with Crippen LogP contribution in [-0.2, 0) is 99.1 Å². The number of hydrogen-bond donors (Lipinski definition) is 19. The molecule has 2 fully saturated rings. The minimum Gasteiger partial charge on any atom is -0.508 e. The Balaban J connectivity index is 1.48. The summed E-state index contributed by atoms with van der Waals surface area (Å²) in [5, 5.41) is 59.6. The predicted octanol–water partition coefficient (Wildman–Crippen LogP) is -3.40. The molecule has 23 N–H and O–H groups in total. The first-order valence-electron chi connectivity index (χ1n) is 39.5. The number of hydrogen-bond acceptors (Lipinski definition) is 21. The van der Waals surface area contributed by atoms with Gasteiger partial charge in [-0.1, -0.05) is 97.9 Å². The largest absolute Gasteiger partial charge is 0.508 e. The van der Waals surface area contributed by atoms with Crippen LogP contribution < -0.4 is 86.7 Å². The second-order valence-corrected chi connectivity index (χ2v) is 31.3. The van der Waals surface area contributed by atoms with Crippen molar-refractivity contribution in [3.63, 3.8) is 0 Å². The molecule has 0 unspecified atom stereocenters. The number of unbranched alkanes of at least 4 members (excludes halogenated alkanes) is 1. The van der Waals surface area contributed by atoms with Crippen molar-refractivity contribution in [3.05, 3.63) is 65.7 Å². The lowest BCUT2D eigenvalue weighted by Crippen LogP contribution is -2.61. The Morgan fingerprint density at radius 1 is 0.419 bits per heavy atom. The number of nitrogens with two attached hydrogens (primary N) is 4. The third-order valence-corrected chi connectivity index (χ3v) is 19.6. The molecule has 15 atom stereocenters. The van der Waals surface area contributed by atoms with Gasteiger partial charge in [-0.15, -0.1) is 0 Å². The Labute approximate surface area is 679 Å². The quantitative estimate of drug-likeness (QED) is 0.0287. The molecule has 0 aromatic heterocycles. The van der Waals surface area contributed by atoms with E-state index < -0.39 is 235 Å². The fourth-order valence-corrected chi connectivity index (χ4v) is 13.2. The van der Waals surface area contributed by atoms with Crippen molar-refractivity contribution in [1.29, 1.82) is 0 Å². The van der Waals surface area contributed by atoms with E-state index in [-0.39, 0.29) is 101 Å². The lowest BCUT2D eigenvalue weighted by molar-refractivity contribution is -0.143. The number of aliphatic carboxylic acids is 2. The van der Waals surface area contributed by atoms with Crippen LogP contribution >= 0.6 is 0 Å². The van der Waals surface area contributed by atoms with E-state index in [1.165, 1.54) is 37.8 Å². The SMILES string of the molecule is CC(C)C[C@H](NC(=O)[C@H](Cc1ccc(O)cc1)NC(=O)[C@H](C)N)C(=O)N[C@@H](C)C(=O)N1CCC[C@H]1C(=O)N[C@@H](CC(N)=O)C(=O)N[C@@H](CC(N)=O)C(=O)N[C@@H](CC(C)C)C(=O)N[C@@H](CCCCN)C(=O)N1CCC[C@H]1C(=O)N[C@H](C(=O)N[C@H](C(=O)N[C@@H](C)C(=O)N[C@@H](CCC(=O)O)C(=O)N[C@@H](Cc1ccccc1)C(=O)O)C(C)C)C(C)C. The first-order chi connectivity index (χ1) is 54.9. The standard InChI is InChI=1S/C78H120N18O21/c1-39(2)33-51(88-69(107)53(87-64(102)43(9)80)35-47-24-26-48(97)27-25-47)67(105)84-45(11)76(114)95-31-17-22-57(95)72(110)91-55(38-60(82)99)71(109)90-54(37-59(81)98)70(108)89-52(34-40(3)4)68(106)86-50(21-15-16-30-79)77(115)96-32-18-23-58(96)73(111)93-63(42(7)8)75(113)94-62(41(5)6)74(112)83-44(10)65(103)85-49(28-29-61(100)101)66(104)92-56(78(116)117)36-46-19-13-12-14-20-46/h12-14,19-20,24-27,39-45,49-58,62-63,97H,15-18,21-23,28-38,79-80H2,1-11H3,(H2,81,98)(H2,82,99)(H,83,112)(H,84,105)(H,85,103)(H,86,106)(H,87,102)(H,88,107)(H,89,108)(H,90,109)(H,91,110)(H,92,104)(H,93,111)(H,94,113)(H,100,101)(H,116,117)/t43-,44-,45-,49-,50-,51-,52-,53-,54-,55-,56-,57-,58-,62-,63-/m0/s1. The van der Waals surface area contributed by atoms with Crippen LogP contribution in [0.3, 0.4) is 0 Å². The van der Waals surface area contributed by atoms with Gasteiger partial charge in [0, 0.05) is 32.4 Å². The van der Waals surface area contributed by atoms with E-state index in [1.807, 2.05) is 0 Å². The minimum atomic E-state index is -1.89. The monoisotopic (exact) mass is 1640 g/mol. The molecular weight excluding hydrogens is 1520 g/mol. The number of aromatic hydroxyl groups is 1. The highest BCUT2D eigenvalue weighted by Crippen LogP contribution is 2.24. The molecule has 2 heterocycles. The summed E-state index contributed by atoms with van der Waals surface area (Å²) in [5.41, 5.74) is 23.9. The normalized spacial score (nSPS) is 17.2. The van der Waals surface area contributed by atoms with Crippen LogP contribution in [0.4, 0.5) is 0 Å². The number of carboxylic acid groups (broad SMARTS) is 2. The number of benzene rings is 2. The maximum atomic E-state index is 14.8. The first-order valence-corrected chi connectivity index (χ1v) is 39.5. The second kappa shape index (κ2) is 47.6. The van der Waals surface area contributed by atoms with Gasteiger partial charge in [0.15, 0.2) is 0 Å². The highest BCUT2D eigenvalue weighted by atomic mass is 16.4. The third-order valence-electron chi connectivity index (χ3n) is 19.6. The van der Waals surface area contributed by atoms with E-state index >= 15 is 0 Å². The number of carbonyl (C=O) groups is 18. The number of phenolic OH excluding ortho intramolecular Hbond substituents is 1. The van der Waals surface area contributed by atoms with Crippen molar-refractivity contribution >= 4 is 106 Å². The number of carbonyl (C=O) groups excluding carboxylic acids is 16. The molecule has 0 radical (unpaired) electrons. The molecule has 2 aliphatic rings. The van der Waals surface area contributed by atoms with Crippen molar-refractivity contribution in [2.75, 3.05) is 19.6 Å². The lowest BCUT2D eigenvalue weighted by Gasteiger charge is -2.32. The van der Waals surface area contributed by atoms with Crippen LogP contribution in [0.1, 0.15) is 171 Å². The molecule has 0 saturated carbocycles. The van der Waals surface area contributed by atoms with Gasteiger partial charge < -0.3 is 112 Å². The van der Waals surface area contributed by atoms with Gasteiger partial charge in [0.1, 0.15) is 90.3 Å². The maximum Gasteiger partial charge on any atom is 0.326 e. The van der Waals surface area contributed by atoms with Gasteiger partial charge in [0.25, 0.3) is 0 Å². The molecule has 39 heteroatoms. The Kier molecular flexibility index (Phi) is 39.9. The Bertz CT molecular complexity index is 3830. The predicted molar refractivity (Wildman–Crippen MR) is 423 cm³/mol. The topological polar surface area (TPSA) is 623 Å². The Morgan fingerprint density at radius 2 is 0.829 bits per heavy atom. The van der Waals surface area contributed by atoms with Gasteiger partial charge in [-0.05, 0) is 138 Å². The summed E-state index contributed by atoms with van der Waals surface area (Å²) in [5.74, 6) is -19.3. The average molecular weight is 1650 g/mol. The zero-order chi connectivity index (χ0) is 87.8. The molecular formula is C78H120N18O21. The van der Waals surface area contributed by atoms with E-state index in [9.17, 15) is 102 Å². The molecule has 4 rings (SSSR count). The number of phenols is 1. The molecule has 39 nitrogen and oxygen atoms in total. The highest BCUT2D eigenvalue weighted by Gasteiger charge is 2.44. The average Bonchev–Trinajstić information content (AvgIpc) is 1.74. The molecule has 2 aromatic rings. The zero-order valence-corrected chi connectivity index (χ0v) is 68.3. The number of carboxylic acids is 2. The molecule has 2 saturated heterocycles. The van der Waals surface area contributed by atoms with E-state index in [1.54, 1.807) is 97.9 Å². The molecule has 2 aromatic carbocycles. The molecule has 0 aliphatic carbocycles. The third kappa shape index (κ3) is 32.3. The number of primary amides is 2. The molecule has 0 spiro atoms. The summed E-state index contributed by atoms with van der Waals surface area (Å²) in [6.07, 6.45) is -1.83. The van der Waals surface area contributed by atoms with Crippen molar-refractivity contribution in [3.8, 4) is 5.75 Å². The molecule has 0 bridgehead atoms. The fraction of sp³-hybridized carbons (Fsp3) is 0.615. The summed E-state index contributed by atoms with van der Waals surface area (Å²) < 4.78 is 0. The Morgan fingerprint density at radius 3 is 1.32 bits per heavy atom. The van der Waals surface area contributed by atoms with Crippen LogP contribution in [-0.4, -0.2) is 242 Å². The van der Waals surface area contributed by atoms with Crippen molar-refractivity contribution in [1.82, 2.24) is 73.6 Å². The number of nitrogens with zero attached hydrogens (tertiary/aromatic N) is 2. The molecule has 117 heavy (non-hydrogen) atoms. The number of rotatable bonds is 48. The van der Waals surface area contributed by atoms with Crippen LogP contribution in [0.2, 0.25) is 0 Å². The Hall–Kier alpha value is -11.4. The molecule has 648 valence electrons. The maximum absolute atomic E-state index is 14.8. The van der Waals surface area contributed by atoms with Gasteiger partial charge in [0.2, 0.25) is 94.5 Å². The minimum absolute atomic E-state index is 0.00629. The smallest absolute Gasteiger partial charge is 0.326 e. The van der Waals surface area contributed by atoms with Crippen molar-refractivity contribution < 1.29 is 102 Å². The van der Waals surface area contributed by atoms with Gasteiger partial charge in [-0.2, -0.15) is 0 Å². The van der Waals surface area contributed by atoms with Crippen molar-refractivity contribution in [2.45, 2.75) is 263 Å². The number of nitrogens with one attached hydrogen (secondary N) is 12. The second-order valence-electron chi connectivity index (χ2n) is 31.3. The van der Waals surface area contributed by atoms with Gasteiger partial charge >= 0.3 is 11.9 Å². The van der Waals surface area contributed by atoms with E-state index in [4.69, 9.17) is 22.9 Å². The lowest BCUT2D eigenvalue weighted by atomic mass is 9.99. The number of amides is 16. The summed E-state index contributed by atoms with van der Waals surface area (Å²) in [7, 11) is 0. The van der Waals surface area contributed by atoms with Crippen LogP contribution in [0, 0.1) is 23.7 Å². The number of likely N-dealkylation sites (tertiary alicyclic amines) is 2. The van der Waals surface area contributed by atoms with E-state index in [0.717, 1.165) is 4.90 Å². The summed E-state index contributed by atoms with van der Waals surface area (Å²) in [4.78, 5) is 248. The van der Waals surface area contributed by atoms with Crippen LogP contribution in [0.25, 0.3) is 0 Å². The van der Waals surface area contributed by atoms with Gasteiger partial charge in [-0.25, -0.2) is 4.79 Å². The summed E-state index contributed by atoms with van der Waals surface area (Å²) >= 11 is 0.